The number of aromatic nitrogens is 2. The fourth-order valence-electron chi connectivity index (χ4n) is 1.94. The third-order valence-electron chi connectivity index (χ3n) is 3.44. The van der Waals surface area contributed by atoms with Gasteiger partial charge in [0.2, 0.25) is 11.8 Å². The van der Waals surface area contributed by atoms with Crippen LogP contribution in [0.15, 0.2) is 12.3 Å². The molecule has 2 N–H and O–H groups in total. The number of anilines is 1. The lowest BCUT2D eigenvalue weighted by molar-refractivity contribution is -0.0513. The van der Waals surface area contributed by atoms with Crippen LogP contribution in [0.1, 0.15) is 27.2 Å². The lowest BCUT2D eigenvalue weighted by atomic mass is 9.65. The fraction of sp³-hybridized carbons (Fsp3) is 0.667. The van der Waals surface area contributed by atoms with Crippen molar-refractivity contribution in [2.75, 3.05) is 11.9 Å². The topological polar surface area (TPSA) is 67.3 Å². The van der Waals surface area contributed by atoms with Gasteiger partial charge in [-0.2, -0.15) is 4.98 Å². The van der Waals surface area contributed by atoms with Crippen LogP contribution in [0.2, 0.25) is 0 Å². The highest BCUT2D eigenvalue weighted by Gasteiger charge is 2.47. The van der Waals surface area contributed by atoms with Crippen LogP contribution in [0, 0.1) is 5.41 Å². The van der Waals surface area contributed by atoms with Gasteiger partial charge in [-0.1, -0.05) is 13.8 Å². The number of hydrogen-bond donors (Lipinski definition) is 2. The summed E-state index contributed by atoms with van der Waals surface area (Å²) in [6.07, 6.45) is 2.15. The Hall–Kier alpha value is -1.36. The lowest BCUT2D eigenvalue weighted by Crippen LogP contribution is -2.57. The maximum atomic E-state index is 9.66. The molecule has 0 bridgehead atoms. The highest BCUT2D eigenvalue weighted by molar-refractivity contribution is 5.31. The first-order valence-electron chi connectivity index (χ1n) is 5.94. The molecule has 1 aromatic rings. The van der Waals surface area contributed by atoms with E-state index in [0.717, 1.165) is 6.42 Å². The molecule has 0 amide bonds. The molecule has 1 aromatic heterocycles. The standard InChI is InChI=1S/C12H19N3O2/c1-4-17-10-5-6-13-11(15-10)14-8-7-9(16)12(8,2)3/h5-6,8-9,16H,4,7H2,1-3H3,(H,13,14,15). The molecular weight excluding hydrogens is 218 g/mol. The molecule has 2 unspecified atom stereocenters. The van der Waals surface area contributed by atoms with Gasteiger partial charge in [0.05, 0.1) is 12.7 Å². The summed E-state index contributed by atoms with van der Waals surface area (Å²) in [6, 6.07) is 1.93. The van der Waals surface area contributed by atoms with Gasteiger partial charge in [-0.3, -0.25) is 0 Å². The largest absolute Gasteiger partial charge is 0.478 e. The van der Waals surface area contributed by atoms with Crippen molar-refractivity contribution in [1.29, 1.82) is 0 Å². The van der Waals surface area contributed by atoms with Crippen LogP contribution in [-0.2, 0) is 0 Å². The Bertz CT molecular complexity index is 395. The van der Waals surface area contributed by atoms with E-state index in [1.807, 2.05) is 20.8 Å². The van der Waals surface area contributed by atoms with E-state index in [0.29, 0.717) is 18.4 Å². The van der Waals surface area contributed by atoms with Crippen molar-refractivity contribution in [3.8, 4) is 5.88 Å². The Labute approximate surface area is 101 Å². The molecule has 0 saturated heterocycles. The second-order valence-corrected chi connectivity index (χ2v) is 4.92. The Morgan fingerprint density at radius 1 is 1.59 bits per heavy atom. The van der Waals surface area contributed by atoms with Crippen LogP contribution in [0.5, 0.6) is 5.88 Å². The smallest absolute Gasteiger partial charge is 0.226 e. The lowest BCUT2D eigenvalue weighted by Gasteiger charge is -2.49. The van der Waals surface area contributed by atoms with Crippen molar-refractivity contribution in [2.24, 2.45) is 5.41 Å². The van der Waals surface area contributed by atoms with Gasteiger partial charge >= 0.3 is 0 Å². The molecule has 1 aliphatic rings. The predicted molar refractivity (Wildman–Crippen MR) is 65.0 cm³/mol. The molecule has 0 aliphatic heterocycles. The number of aliphatic hydroxyl groups excluding tert-OH is 1. The van der Waals surface area contributed by atoms with Gasteiger partial charge < -0.3 is 15.2 Å². The van der Waals surface area contributed by atoms with Gasteiger partial charge in [0.1, 0.15) is 0 Å². The van der Waals surface area contributed by atoms with Gasteiger partial charge in [-0.25, -0.2) is 4.98 Å². The molecule has 1 heterocycles. The average molecular weight is 237 g/mol. The van der Waals surface area contributed by atoms with Gasteiger partial charge in [0.15, 0.2) is 0 Å². The summed E-state index contributed by atoms with van der Waals surface area (Å²) in [5.74, 6) is 1.13. The van der Waals surface area contributed by atoms with E-state index in [4.69, 9.17) is 4.74 Å². The minimum atomic E-state index is -0.255. The Morgan fingerprint density at radius 3 is 2.94 bits per heavy atom. The summed E-state index contributed by atoms with van der Waals surface area (Å²) in [6.45, 7) is 6.57. The first-order chi connectivity index (χ1) is 8.04. The molecule has 5 nitrogen and oxygen atoms in total. The Morgan fingerprint density at radius 2 is 2.35 bits per heavy atom. The number of ether oxygens (including phenoxy) is 1. The summed E-state index contributed by atoms with van der Waals surface area (Å²) in [5, 5.41) is 12.9. The van der Waals surface area contributed by atoms with E-state index in [1.54, 1.807) is 12.3 Å². The fourth-order valence-corrected chi connectivity index (χ4v) is 1.94. The van der Waals surface area contributed by atoms with Gasteiger partial charge in [0.25, 0.3) is 0 Å². The zero-order chi connectivity index (χ0) is 12.5. The maximum absolute atomic E-state index is 9.66. The number of aliphatic hydroxyl groups is 1. The summed E-state index contributed by atoms with van der Waals surface area (Å²) < 4.78 is 5.31. The second-order valence-electron chi connectivity index (χ2n) is 4.92. The van der Waals surface area contributed by atoms with Crippen molar-refractivity contribution in [1.82, 2.24) is 9.97 Å². The molecular formula is C12H19N3O2. The minimum absolute atomic E-state index is 0.134. The second kappa shape index (κ2) is 4.49. The van der Waals surface area contributed by atoms with Crippen LogP contribution >= 0.6 is 0 Å². The summed E-state index contributed by atoms with van der Waals surface area (Å²) in [7, 11) is 0. The van der Waals surface area contributed by atoms with Crippen molar-refractivity contribution in [3.05, 3.63) is 12.3 Å². The first-order valence-corrected chi connectivity index (χ1v) is 5.94. The SMILES string of the molecule is CCOc1ccnc(NC2CC(O)C2(C)C)n1. The molecule has 2 atom stereocenters. The van der Waals surface area contributed by atoms with Crippen molar-refractivity contribution in [2.45, 2.75) is 39.3 Å². The molecule has 17 heavy (non-hydrogen) atoms. The summed E-state index contributed by atoms with van der Waals surface area (Å²) >= 11 is 0. The number of nitrogens with zero attached hydrogens (tertiary/aromatic N) is 2. The highest BCUT2D eigenvalue weighted by atomic mass is 16.5. The maximum Gasteiger partial charge on any atom is 0.226 e. The van der Waals surface area contributed by atoms with Gasteiger partial charge in [-0.15, -0.1) is 0 Å². The molecule has 1 fully saturated rings. The van der Waals surface area contributed by atoms with Crippen LogP contribution in [0.3, 0.4) is 0 Å². The number of nitrogens with one attached hydrogen (secondary N) is 1. The predicted octanol–water partition coefficient (Wildman–Crippen LogP) is 1.45. The van der Waals surface area contributed by atoms with Gasteiger partial charge in [-0.05, 0) is 13.3 Å². The Kier molecular flexibility index (Phi) is 3.19. The zero-order valence-electron chi connectivity index (χ0n) is 10.5. The molecule has 0 aromatic carbocycles. The monoisotopic (exact) mass is 237 g/mol. The highest BCUT2D eigenvalue weighted by Crippen LogP contribution is 2.41. The van der Waals surface area contributed by atoms with Crippen molar-refractivity contribution >= 4 is 5.95 Å². The van der Waals surface area contributed by atoms with Crippen LogP contribution in [0.25, 0.3) is 0 Å². The zero-order valence-corrected chi connectivity index (χ0v) is 10.5. The molecule has 2 rings (SSSR count). The van der Waals surface area contributed by atoms with Crippen LogP contribution in [-0.4, -0.2) is 33.8 Å². The molecule has 1 aliphatic carbocycles. The van der Waals surface area contributed by atoms with Crippen LogP contribution in [0.4, 0.5) is 5.95 Å². The van der Waals surface area contributed by atoms with Crippen molar-refractivity contribution in [3.63, 3.8) is 0 Å². The van der Waals surface area contributed by atoms with Gasteiger partial charge in [0, 0.05) is 23.7 Å². The average Bonchev–Trinajstić information content (AvgIpc) is 2.30. The number of rotatable bonds is 4. The van der Waals surface area contributed by atoms with E-state index < -0.39 is 0 Å². The van der Waals surface area contributed by atoms with E-state index in [-0.39, 0.29) is 17.6 Å². The molecule has 0 radical (unpaired) electrons. The Balaban J connectivity index is 2.02. The van der Waals surface area contributed by atoms with E-state index >= 15 is 0 Å². The molecule has 94 valence electrons. The normalized spacial score (nSPS) is 26.1. The molecule has 5 heteroatoms. The minimum Gasteiger partial charge on any atom is -0.478 e. The van der Waals surface area contributed by atoms with Crippen LogP contribution < -0.4 is 10.1 Å². The number of hydrogen-bond acceptors (Lipinski definition) is 5. The van der Waals surface area contributed by atoms with E-state index in [2.05, 4.69) is 15.3 Å². The quantitative estimate of drug-likeness (QED) is 0.829. The molecule has 0 spiro atoms. The summed E-state index contributed by atoms with van der Waals surface area (Å²) in [5.41, 5.74) is -0.134. The van der Waals surface area contributed by atoms with E-state index in [1.165, 1.54) is 0 Å². The first kappa shape index (κ1) is 12.1. The third kappa shape index (κ3) is 2.34. The van der Waals surface area contributed by atoms with Crippen molar-refractivity contribution < 1.29 is 9.84 Å². The third-order valence-corrected chi connectivity index (χ3v) is 3.44. The van der Waals surface area contributed by atoms with E-state index in [9.17, 15) is 5.11 Å². The summed E-state index contributed by atoms with van der Waals surface area (Å²) in [4.78, 5) is 8.40. The molecule has 1 saturated carbocycles.